The van der Waals surface area contributed by atoms with E-state index < -0.39 is 5.97 Å². The van der Waals surface area contributed by atoms with Gasteiger partial charge in [0.05, 0.1) is 6.04 Å². The summed E-state index contributed by atoms with van der Waals surface area (Å²) >= 11 is 0. The zero-order chi connectivity index (χ0) is 18.5. The van der Waals surface area contributed by atoms with Crippen molar-refractivity contribution in [3.8, 4) is 11.8 Å². The fourth-order valence-corrected chi connectivity index (χ4v) is 2.90. The van der Waals surface area contributed by atoms with Gasteiger partial charge in [-0.15, -0.1) is 0 Å². The molecule has 2 aliphatic heterocycles. The highest BCUT2D eigenvalue weighted by molar-refractivity contribution is 5.96. The van der Waals surface area contributed by atoms with Crippen molar-refractivity contribution in [3.63, 3.8) is 0 Å². The lowest BCUT2D eigenvalue weighted by molar-refractivity contribution is -0.137. The number of nitrogens with one attached hydrogen (secondary N) is 1. The van der Waals surface area contributed by atoms with Crippen LogP contribution in [0.1, 0.15) is 31.2 Å². The molecule has 3 amide bonds. The lowest BCUT2D eigenvalue weighted by Crippen LogP contribution is -2.65. The minimum absolute atomic E-state index is 0.0959. The van der Waals surface area contributed by atoms with Crippen LogP contribution in [0.15, 0.2) is 18.3 Å². The average molecular weight is 356 g/mol. The summed E-state index contributed by atoms with van der Waals surface area (Å²) in [6, 6.07) is 3.55. The molecule has 0 bridgehead atoms. The van der Waals surface area contributed by atoms with Gasteiger partial charge in [-0.1, -0.05) is 11.8 Å². The van der Waals surface area contributed by atoms with Crippen LogP contribution in [-0.2, 0) is 9.59 Å². The maximum absolute atomic E-state index is 11.8. The second kappa shape index (κ2) is 7.87. The average Bonchev–Trinajstić information content (AvgIpc) is 2.56. The van der Waals surface area contributed by atoms with Gasteiger partial charge in [0.25, 0.3) is 0 Å². The van der Waals surface area contributed by atoms with Crippen molar-refractivity contribution < 1.29 is 19.5 Å². The fourth-order valence-electron chi connectivity index (χ4n) is 2.90. The summed E-state index contributed by atoms with van der Waals surface area (Å²) in [6.45, 7) is 1.84. The van der Waals surface area contributed by atoms with E-state index in [9.17, 15) is 14.4 Å². The molecule has 0 aliphatic carbocycles. The number of carboxylic acids is 1. The van der Waals surface area contributed by atoms with Gasteiger partial charge in [0.1, 0.15) is 5.82 Å². The molecule has 0 spiro atoms. The molecule has 0 radical (unpaired) electrons. The van der Waals surface area contributed by atoms with Gasteiger partial charge in [-0.3, -0.25) is 14.9 Å². The van der Waals surface area contributed by atoms with E-state index in [4.69, 9.17) is 5.11 Å². The highest BCUT2D eigenvalue weighted by Crippen LogP contribution is 2.23. The molecular formula is C18H20N4O4. The number of amides is 3. The third kappa shape index (κ3) is 4.30. The highest BCUT2D eigenvalue weighted by atomic mass is 16.4. The Balaban J connectivity index is 1.47. The summed E-state index contributed by atoms with van der Waals surface area (Å²) in [5.74, 6) is 5.72. The summed E-state index contributed by atoms with van der Waals surface area (Å²) in [5.41, 5.74) is 0.787. The van der Waals surface area contributed by atoms with Gasteiger partial charge < -0.3 is 14.9 Å². The van der Waals surface area contributed by atoms with Crippen molar-refractivity contribution in [2.45, 2.75) is 31.7 Å². The van der Waals surface area contributed by atoms with Gasteiger partial charge in [0, 0.05) is 50.7 Å². The summed E-state index contributed by atoms with van der Waals surface area (Å²) in [6.07, 6.45) is 3.26. The monoisotopic (exact) mass is 356 g/mol. The Kier molecular flexibility index (Phi) is 5.37. The maximum atomic E-state index is 11.8. The second-order valence-corrected chi connectivity index (χ2v) is 6.31. The van der Waals surface area contributed by atoms with E-state index in [1.165, 1.54) is 0 Å². The molecule has 0 atom stereocenters. The molecule has 0 aromatic carbocycles. The molecule has 3 rings (SSSR count). The van der Waals surface area contributed by atoms with Gasteiger partial charge in [-0.25, -0.2) is 9.78 Å². The summed E-state index contributed by atoms with van der Waals surface area (Å²) in [4.78, 5) is 41.6. The minimum Gasteiger partial charge on any atom is -0.481 e. The van der Waals surface area contributed by atoms with Crippen molar-refractivity contribution in [2.24, 2.45) is 0 Å². The first-order valence-corrected chi connectivity index (χ1v) is 8.55. The molecular weight excluding hydrogens is 336 g/mol. The van der Waals surface area contributed by atoms with Crippen LogP contribution in [-0.4, -0.2) is 58.6 Å². The van der Waals surface area contributed by atoms with E-state index in [2.05, 4.69) is 27.0 Å². The molecule has 0 unspecified atom stereocenters. The maximum Gasteiger partial charge on any atom is 0.324 e. The Morgan fingerprint density at radius 3 is 2.81 bits per heavy atom. The Morgan fingerprint density at radius 1 is 1.35 bits per heavy atom. The van der Waals surface area contributed by atoms with Crippen LogP contribution < -0.4 is 10.2 Å². The van der Waals surface area contributed by atoms with E-state index >= 15 is 0 Å². The molecule has 2 saturated heterocycles. The van der Waals surface area contributed by atoms with Gasteiger partial charge in [0.2, 0.25) is 5.91 Å². The van der Waals surface area contributed by atoms with Gasteiger partial charge in [0.15, 0.2) is 0 Å². The number of hydrogen-bond acceptors (Lipinski definition) is 5. The number of anilines is 1. The number of imide groups is 1. The number of rotatable bonds is 5. The van der Waals surface area contributed by atoms with Crippen LogP contribution in [0.25, 0.3) is 0 Å². The number of carbonyl (C=O) groups excluding carboxylic acids is 2. The fraction of sp³-hybridized carbons (Fsp3) is 0.444. The predicted octanol–water partition coefficient (Wildman–Crippen LogP) is 0.819. The number of unbranched alkanes of at least 4 members (excludes halogenated alkanes) is 1. The third-order valence-corrected chi connectivity index (χ3v) is 4.39. The topological polar surface area (TPSA) is 103 Å². The zero-order valence-electron chi connectivity index (χ0n) is 14.3. The molecule has 8 nitrogen and oxygen atoms in total. The smallest absolute Gasteiger partial charge is 0.324 e. The van der Waals surface area contributed by atoms with E-state index in [1.807, 2.05) is 12.1 Å². The number of pyridine rings is 1. The molecule has 2 fully saturated rings. The Labute approximate surface area is 151 Å². The summed E-state index contributed by atoms with van der Waals surface area (Å²) < 4.78 is 0. The van der Waals surface area contributed by atoms with Crippen molar-refractivity contribution in [1.29, 1.82) is 0 Å². The standard InChI is InChI=1S/C18H20N4O4/c23-16-8-9-22(18(26)20-16)14-11-21(12-14)15-7-6-13(10-19-15)4-2-1-3-5-17(24)25/h6-7,10,14H,1,3,5,8-9,11-12H2,(H,24,25)(H,20,23,26). The van der Waals surface area contributed by atoms with Crippen molar-refractivity contribution in [3.05, 3.63) is 23.9 Å². The molecule has 2 aliphatic rings. The van der Waals surface area contributed by atoms with Crippen LogP contribution in [0.3, 0.4) is 0 Å². The van der Waals surface area contributed by atoms with Gasteiger partial charge in [-0.2, -0.15) is 0 Å². The van der Waals surface area contributed by atoms with Gasteiger partial charge in [-0.05, 0) is 18.6 Å². The third-order valence-electron chi connectivity index (χ3n) is 4.39. The largest absolute Gasteiger partial charge is 0.481 e. The molecule has 8 heteroatoms. The predicted molar refractivity (Wildman–Crippen MR) is 93.5 cm³/mol. The van der Waals surface area contributed by atoms with Crippen LogP contribution >= 0.6 is 0 Å². The number of aliphatic carboxylic acids is 1. The van der Waals surface area contributed by atoms with Crippen LogP contribution in [0.4, 0.5) is 10.6 Å². The molecule has 26 heavy (non-hydrogen) atoms. The van der Waals surface area contributed by atoms with E-state index in [-0.39, 0.29) is 24.4 Å². The quantitative estimate of drug-likeness (QED) is 0.598. The molecule has 0 saturated carbocycles. The Hall–Kier alpha value is -3.08. The minimum atomic E-state index is -0.806. The first-order chi connectivity index (χ1) is 12.5. The highest BCUT2D eigenvalue weighted by Gasteiger charge is 2.37. The number of hydrogen-bond donors (Lipinski definition) is 2. The van der Waals surface area contributed by atoms with Crippen molar-refractivity contribution >= 4 is 23.7 Å². The molecule has 3 heterocycles. The van der Waals surface area contributed by atoms with Gasteiger partial charge >= 0.3 is 12.0 Å². The van der Waals surface area contributed by atoms with E-state index in [0.717, 1.165) is 11.4 Å². The second-order valence-electron chi connectivity index (χ2n) is 6.31. The number of carbonyl (C=O) groups is 3. The normalized spacial score (nSPS) is 17.2. The Bertz CT molecular complexity index is 760. The van der Waals surface area contributed by atoms with E-state index in [0.29, 0.717) is 38.9 Å². The lowest BCUT2D eigenvalue weighted by atomic mass is 10.1. The number of aromatic nitrogens is 1. The molecule has 136 valence electrons. The summed E-state index contributed by atoms with van der Waals surface area (Å²) in [7, 11) is 0. The first kappa shape index (κ1) is 17.7. The number of nitrogens with zero attached hydrogens (tertiary/aromatic N) is 3. The number of urea groups is 1. The first-order valence-electron chi connectivity index (χ1n) is 8.55. The van der Waals surface area contributed by atoms with Crippen molar-refractivity contribution in [2.75, 3.05) is 24.5 Å². The Morgan fingerprint density at radius 2 is 2.15 bits per heavy atom. The SMILES string of the molecule is O=C(O)CCCC#Cc1ccc(N2CC(N3CCC(=O)NC3=O)C2)nc1. The molecule has 1 aromatic rings. The number of carboxylic acid groups (broad SMARTS) is 1. The van der Waals surface area contributed by atoms with Crippen molar-refractivity contribution in [1.82, 2.24) is 15.2 Å². The molecule has 1 aromatic heterocycles. The molecule has 2 N–H and O–H groups in total. The van der Waals surface area contributed by atoms with Crippen LogP contribution in [0.5, 0.6) is 0 Å². The van der Waals surface area contributed by atoms with Crippen LogP contribution in [0.2, 0.25) is 0 Å². The lowest BCUT2D eigenvalue weighted by Gasteiger charge is -2.46. The summed E-state index contributed by atoms with van der Waals surface area (Å²) in [5, 5.41) is 10.9. The van der Waals surface area contributed by atoms with E-state index in [1.54, 1.807) is 11.1 Å². The zero-order valence-corrected chi connectivity index (χ0v) is 14.3. The van der Waals surface area contributed by atoms with Crippen LogP contribution in [0, 0.1) is 11.8 Å².